The summed E-state index contributed by atoms with van der Waals surface area (Å²) in [5.41, 5.74) is 0.520. The maximum absolute atomic E-state index is 12.9. The number of esters is 1. The van der Waals surface area contributed by atoms with Crippen LogP contribution in [0.25, 0.3) is 0 Å². The minimum absolute atomic E-state index is 0.128. The molecule has 1 N–H and O–H groups in total. The van der Waals surface area contributed by atoms with Crippen molar-refractivity contribution < 1.29 is 19.2 Å². The molecule has 0 heterocycles. The van der Waals surface area contributed by atoms with Crippen molar-refractivity contribution in [3.05, 3.63) is 69.3 Å². The molecule has 27 heavy (non-hydrogen) atoms. The van der Waals surface area contributed by atoms with Gasteiger partial charge in [0.1, 0.15) is 5.69 Å². The highest BCUT2D eigenvalue weighted by atomic mass is 16.6. The number of ketones is 1. The molecule has 0 aliphatic heterocycles. The lowest BCUT2D eigenvalue weighted by molar-refractivity contribution is -0.384. The van der Waals surface area contributed by atoms with E-state index in [1.807, 2.05) is 13.8 Å². The Morgan fingerprint density at radius 3 is 2.41 bits per heavy atom. The van der Waals surface area contributed by atoms with Crippen LogP contribution in [-0.4, -0.2) is 30.3 Å². The van der Waals surface area contributed by atoms with Crippen LogP contribution in [0.1, 0.15) is 46.5 Å². The molecule has 0 saturated heterocycles. The van der Waals surface area contributed by atoms with Crippen molar-refractivity contribution in [3.8, 4) is 0 Å². The van der Waals surface area contributed by atoms with E-state index in [0.29, 0.717) is 11.6 Å². The molecule has 142 valence electrons. The molecular weight excluding hydrogens is 348 g/mol. The smallest absolute Gasteiger partial charge is 0.338 e. The molecule has 2 aromatic carbocycles. The van der Waals surface area contributed by atoms with E-state index in [4.69, 9.17) is 4.74 Å². The van der Waals surface area contributed by atoms with Crippen molar-refractivity contribution in [2.24, 2.45) is 5.92 Å². The molecule has 0 aromatic heterocycles. The highest BCUT2D eigenvalue weighted by molar-refractivity contribution is 6.14. The molecule has 0 amide bonds. The Morgan fingerprint density at radius 2 is 1.81 bits per heavy atom. The van der Waals surface area contributed by atoms with Gasteiger partial charge >= 0.3 is 5.97 Å². The summed E-state index contributed by atoms with van der Waals surface area (Å²) in [6.45, 7) is 4.31. The van der Waals surface area contributed by atoms with Gasteiger partial charge in [0.15, 0.2) is 5.78 Å². The Morgan fingerprint density at radius 1 is 1.15 bits per heavy atom. The summed E-state index contributed by atoms with van der Waals surface area (Å²) < 4.78 is 5.25. The van der Waals surface area contributed by atoms with E-state index in [2.05, 4.69) is 5.32 Å². The van der Waals surface area contributed by atoms with Gasteiger partial charge in [0.2, 0.25) is 0 Å². The number of ether oxygens (including phenoxy) is 1. The number of hydrogen-bond acceptors (Lipinski definition) is 6. The zero-order valence-corrected chi connectivity index (χ0v) is 15.5. The number of rotatable bonds is 8. The van der Waals surface area contributed by atoms with Gasteiger partial charge in [0, 0.05) is 24.2 Å². The first-order chi connectivity index (χ1) is 12.8. The van der Waals surface area contributed by atoms with Crippen molar-refractivity contribution in [2.45, 2.75) is 20.3 Å². The van der Waals surface area contributed by atoms with E-state index in [-0.39, 0.29) is 29.0 Å². The van der Waals surface area contributed by atoms with Crippen molar-refractivity contribution in [3.63, 3.8) is 0 Å². The first-order valence-corrected chi connectivity index (χ1v) is 8.62. The van der Waals surface area contributed by atoms with Gasteiger partial charge in [-0.1, -0.05) is 32.0 Å². The standard InChI is InChI=1S/C20H22N2O5/c1-13(2)10-11-27-20(24)16-7-5-4-6-15(16)19(23)14-8-9-17(21-3)18(12-14)22(25)26/h4-9,12-13,21H,10-11H2,1-3H3. The van der Waals surface area contributed by atoms with Gasteiger partial charge in [-0.25, -0.2) is 4.79 Å². The minimum atomic E-state index is -0.582. The Balaban J connectivity index is 2.33. The van der Waals surface area contributed by atoms with Crippen LogP contribution in [-0.2, 0) is 4.74 Å². The summed E-state index contributed by atoms with van der Waals surface area (Å²) in [6.07, 6.45) is 0.722. The number of hydrogen-bond donors (Lipinski definition) is 1. The van der Waals surface area contributed by atoms with Crippen LogP contribution in [0.5, 0.6) is 0 Å². The van der Waals surface area contributed by atoms with Crippen LogP contribution >= 0.6 is 0 Å². The van der Waals surface area contributed by atoms with Gasteiger partial charge in [-0.05, 0) is 30.5 Å². The van der Waals surface area contributed by atoms with Gasteiger partial charge in [-0.3, -0.25) is 14.9 Å². The highest BCUT2D eigenvalue weighted by Crippen LogP contribution is 2.27. The molecule has 0 aliphatic carbocycles. The monoisotopic (exact) mass is 370 g/mol. The van der Waals surface area contributed by atoms with E-state index in [1.54, 1.807) is 19.2 Å². The summed E-state index contributed by atoms with van der Waals surface area (Å²) in [7, 11) is 1.56. The SMILES string of the molecule is CNc1ccc(C(=O)c2ccccc2C(=O)OCCC(C)C)cc1[N+](=O)[O-]. The Bertz CT molecular complexity index is 861. The molecule has 2 aromatic rings. The number of nitrogens with zero attached hydrogens (tertiary/aromatic N) is 1. The third kappa shape index (κ3) is 4.91. The lowest BCUT2D eigenvalue weighted by Crippen LogP contribution is -2.14. The predicted octanol–water partition coefficient (Wildman–Crippen LogP) is 4.07. The number of nitro groups is 1. The zero-order valence-electron chi connectivity index (χ0n) is 15.5. The average molecular weight is 370 g/mol. The summed E-state index contributed by atoms with van der Waals surface area (Å²) in [4.78, 5) is 35.9. The average Bonchev–Trinajstić information content (AvgIpc) is 2.66. The van der Waals surface area contributed by atoms with E-state index in [0.717, 1.165) is 6.42 Å². The molecule has 0 saturated carbocycles. The van der Waals surface area contributed by atoms with Crippen LogP contribution in [0.3, 0.4) is 0 Å². The van der Waals surface area contributed by atoms with Gasteiger partial charge < -0.3 is 10.1 Å². The van der Waals surface area contributed by atoms with E-state index in [9.17, 15) is 19.7 Å². The fraction of sp³-hybridized carbons (Fsp3) is 0.300. The fourth-order valence-electron chi connectivity index (χ4n) is 2.52. The topological polar surface area (TPSA) is 98.5 Å². The molecule has 0 spiro atoms. The summed E-state index contributed by atoms with van der Waals surface area (Å²) in [5, 5.41) is 13.9. The predicted molar refractivity (Wildman–Crippen MR) is 102 cm³/mol. The van der Waals surface area contributed by atoms with Crippen molar-refractivity contribution in [1.29, 1.82) is 0 Å². The number of nitro benzene ring substituents is 1. The molecule has 0 bridgehead atoms. The molecule has 0 aliphatic rings. The molecule has 2 rings (SSSR count). The van der Waals surface area contributed by atoms with Crippen molar-refractivity contribution in [2.75, 3.05) is 19.0 Å². The summed E-state index contributed by atoms with van der Waals surface area (Å²) in [5.74, 6) is -0.668. The number of anilines is 1. The lowest BCUT2D eigenvalue weighted by Gasteiger charge is -2.10. The van der Waals surface area contributed by atoms with Crippen LogP contribution < -0.4 is 5.32 Å². The van der Waals surface area contributed by atoms with Crippen molar-refractivity contribution in [1.82, 2.24) is 0 Å². The fourth-order valence-corrected chi connectivity index (χ4v) is 2.52. The van der Waals surface area contributed by atoms with E-state index in [1.165, 1.54) is 30.3 Å². The number of benzene rings is 2. The Kier molecular flexibility index (Phi) is 6.65. The first-order valence-electron chi connectivity index (χ1n) is 8.62. The normalized spacial score (nSPS) is 10.5. The second kappa shape index (κ2) is 8.93. The maximum Gasteiger partial charge on any atom is 0.338 e. The quantitative estimate of drug-likeness (QED) is 0.325. The van der Waals surface area contributed by atoms with Crippen LogP contribution in [0.4, 0.5) is 11.4 Å². The maximum atomic E-state index is 12.9. The zero-order chi connectivity index (χ0) is 20.0. The van der Waals surface area contributed by atoms with Gasteiger partial charge in [-0.2, -0.15) is 0 Å². The molecule has 0 atom stereocenters. The third-order valence-electron chi connectivity index (χ3n) is 4.05. The minimum Gasteiger partial charge on any atom is -0.462 e. The number of carbonyl (C=O) groups excluding carboxylic acids is 2. The molecule has 7 nitrogen and oxygen atoms in total. The van der Waals surface area contributed by atoms with Gasteiger partial charge in [0.25, 0.3) is 5.69 Å². The molecule has 0 fully saturated rings. The molecule has 0 radical (unpaired) electrons. The van der Waals surface area contributed by atoms with Gasteiger partial charge in [-0.15, -0.1) is 0 Å². The van der Waals surface area contributed by atoms with Crippen LogP contribution in [0, 0.1) is 16.0 Å². The molecule has 0 unspecified atom stereocenters. The van der Waals surface area contributed by atoms with Crippen LogP contribution in [0.15, 0.2) is 42.5 Å². The number of carbonyl (C=O) groups is 2. The highest BCUT2D eigenvalue weighted by Gasteiger charge is 2.22. The number of nitrogens with one attached hydrogen (secondary N) is 1. The van der Waals surface area contributed by atoms with Crippen molar-refractivity contribution >= 4 is 23.1 Å². The van der Waals surface area contributed by atoms with E-state index < -0.39 is 16.7 Å². The Hall–Kier alpha value is -3.22. The Labute approximate surface area is 157 Å². The summed E-state index contributed by atoms with van der Waals surface area (Å²) in [6, 6.07) is 10.5. The van der Waals surface area contributed by atoms with Crippen LogP contribution in [0.2, 0.25) is 0 Å². The summed E-state index contributed by atoms with van der Waals surface area (Å²) >= 11 is 0. The second-order valence-electron chi connectivity index (χ2n) is 6.43. The first kappa shape index (κ1) is 20.1. The largest absolute Gasteiger partial charge is 0.462 e. The van der Waals surface area contributed by atoms with E-state index >= 15 is 0 Å². The molecule has 7 heteroatoms. The lowest BCUT2D eigenvalue weighted by atomic mass is 9.97. The second-order valence-corrected chi connectivity index (χ2v) is 6.43. The molecular formula is C20H22N2O5. The van der Waals surface area contributed by atoms with Gasteiger partial charge in [0.05, 0.1) is 17.1 Å². The third-order valence-corrected chi connectivity index (χ3v) is 4.05.